The minimum atomic E-state index is -4.49. The fourth-order valence-corrected chi connectivity index (χ4v) is 3.52. The van der Waals surface area contributed by atoms with E-state index in [1.165, 1.54) is 18.2 Å². The minimum Gasteiger partial charge on any atom is -0.369 e. The van der Waals surface area contributed by atoms with Crippen molar-refractivity contribution in [2.24, 2.45) is 0 Å². The van der Waals surface area contributed by atoms with Crippen molar-refractivity contribution in [2.45, 2.75) is 12.4 Å². The third kappa shape index (κ3) is 3.87. The second kappa shape index (κ2) is 7.34. The summed E-state index contributed by atoms with van der Waals surface area (Å²) in [6.07, 6.45) is -3.98. The van der Waals surface area contributed by atoms with E-state index in [-0.39, 0.29) is 16.7 Å². The van der Waals surface area contributed by atoms with Crippen molar-refractivity contribution < 1.29 is 18.3 Å². The number of nitrogens with one attached hydrogen (secondary N) is 2. The van der Waals surface area contributed by atoms with Crippen molar-refractivity contribution in [3.05, 3.63) is 81.5 Å². The van der Waals surface area contributed by atoms with E-state index in [1.807, 2.05) is 0 Å². The average Bonchev–Trinajstić information content (AvgIpc) is 3.23. The number of nitrogens with zero attached hydrogens (tertiary/aromatic N) is 1. The first-order chi connectivity index (χ1) is 13.8. The highest BCUT2D eigenvalue weighted by atomic mass is 32.1. The molecule has 4 aromatic rings. The Kier molecular flexibility index (Phi) is 4.85. The van der Waals surface area contributed by atoms with Crippen molar-refractivity contribution in [1.82, 2.24) is 9.36 Å². The van der Waals surface area contributed by atoms with Crippen LogP contribution in [-0.2, 0) is 6.18 Å². The van der Waals surface area contributed by atoms with Gasteiger partial charge in [-0.1, -0.05) is 18.2 Å². The molecule has 0 spiro atoms. The highest BCUT2D eigenvalue weighted by Crippen LogP contribution is 2.32. The number of hydrogen-bond donors (Lipinski definition) is 3. The number of aromatic nitrogens is 2. The van der Waals surface area contributed by atoms with Crippen LogP contribution in [0.2, 0.25) is 0 Å². The lowest BCUT2D eigenvalue weighted by Gasteiger charge is -2.15. The van der Waals surface area contributed by atoms with Crippen molar-refractivity contribution in [2.75, 3.05) is 5.32 Å². The Balaban J connectivity index is 1.81. The van der Waals surface area contributed by atoms with Gasteiger partial charge in [-0.2, -0.15) is 13.2 Å². The van der Waals surface area contributed by atoms with Crippen LogP contribution in [0.15, 0.2) is 65.6 Å². The zero-order valence-electron chi connectivity index (χ0n) is 14.7. The number of rotatable bonds is 4. The first-order valence-electron chi connectivity index (χ1n) is 8.52. The van der Waals surface area contributed by atoms with Gasteiger partial charge in [-0.15, -0.1) is 0 Å². The molecule has 0 aliphatic heterocycles. The maximum Gasteiger partial charge on any atom is 0.416 e. The number of anilines is 1. The van der Waals surface area contributed by atoms with Gasteiger partial charge in [-0.3, -0.25) is 4.79 Å². The Labute approximate surface area is 166 Å². The maximum atomic E-state index is 13.0. The first kappa shape index (κ1) is 19.2. The van der Waals surface area contributed by atoms with Gasteiger partial charge < -0.3 is 15.4 Å². The lowest BCUT2D eigenvalue weighted by atomic mass is 10.1. The molecule has 5 nitrogen and oxygen atoms in total. The number of benzene rings is 2. The number of aliphatic hydroxyl groups is 1. The number of aliphatic hydroxyl groups excluding tert-OH is 1. The third-order valence-corrected chi connectivity index (χ3v) is 5.18. The number of pyridine rings is 1. The van der Waals surface area contributed by atoms with E-state index < -0.39 is 18.0 Å². The summed E-state index contributed by atoms with van der Waals surface area (Å²) in [5.74, 6) is 0. The Hall–Kier alpha value is -3.17. The molecule has 0 bridgehead atoms. The predicted molar refractivity (Wildman–Crippen MR) is 106 cm³/mol. The van der Waals surface area contributed by atoms with E-state index in [9.17, 15) is 23.1 Å². The van der Waals surface area contributed by atoms with Gasteiger partial charge in [0.2, 0.25) is 0 Å². The fourth-order valence-electron chi connectivity index (χ4n) is 3.00. The molecule has 1 unspecified atom stereocenters. The highest BCUT2D eigenvalue weighted by molar-refractivity contribution is 7.05. The van der Waals surface area contributed by atoms with E-state index >= 15 is 0 Å². The molecule has 4 rings (SSSR count). The van der Waals surface area contributed by atoms with Gasteiger partial charge in [0, 0.05) is 23.3 Å². The molecule has 0 fully saturated rings. The number of hydrogen-bond acceptors (Lipinski definition) is 5. The molecule has 2 heterocycles. The van der Waals surface area contributed by atoms with E-state index in [0.717, 1.165) is 23.7 Å². The lowest BCUT2D eigenvalue weighted by molar-refractivity contribution is -0.137. The molecule has 148 valence electrons. The number of aromatic amines is 1. The van der Waals surface area contributed by atoms with E-state index in [4.69, 9.17) is 0 Å². The summed E-state index contributed by atoms with van der Waals surface area (Å²) in [5, 5.41) is 13.6. The van der Waals surface area contributed by atoms with E-state index in [2.05, 4.69) is 14.7 Å². The van der Waals surface area contributed by atoms with E-state index in [1.54, 1.807) is 30.5 Å². The second-order valence-electron chi connectivity index (χ2n) is 6.32. The quantitative estimate of drug-likeness (QED) is 0.418. The minimum absolute atomic E-state index is 0.233. The van der Waals surface area contributed by atoms with Gasteiger partial charge in [0.05, 0.1) is 21.6 Å². The van der Waals surface area contributed by atoms with Crippen LogP contribution in [0.4, 0.5) is 18.9 Å². The molecule has 0 amide bonds. The number of alkyl halides is 3. The predicted octanol–water partition coefficient (Wildman–Crippen LogP) is 4.77. The zero-order valence-corrected chi connectivity index (χ0v) is 15.5. The third-order valence-electron chi connectivity index (χ3n) is 4.39. The van der Waals surface area contributed by atoms with Crippen molar-refractivity contribution >= 4 is 28.1 Å². The average molecular weight is 417 g/mol. The van der Waals surface area contributed by atoms with Crippen LogP contribution in [0.25, 0.3) is 22.2 Å². The molecular formula is C20H14F3N3O2S. The molecule has 2 aromatic carbocycles. The van der Waals surface area contributed by atoms with E-state index in [0.29, 0.717) is 21.5 Å². The van der Waals surface area contributed by atoms with Gasteiger partial charge in [0.15, 0.2) is 11.7 Å². The summed E-state index contributed by atoms with van der Waals surface area (Å²) < 4.78 is 43.1. The summed E-state index contributed by atoms with van der Waals surface area (Å²) in [6, 6.07) is 12.6. The largest absolute Gasteiger partial charge is 0.416 e. The van der Waals surface area contributed by atoms with Gasteiger partial charge in [-0.05, 0) is 47.4 Å². The Morgan fingerprint density at radius 1 is 1.10 bits per heavy atom. The normalized spacial score (nSPS) is 12.8. The molecule has 3 N–H and O–H groups in total. The lowest BCUT2D eigenvalue weighted by Crippen LogP contribution is -2.11. The zero-order chi connectivity index (χ0) is 20.6. The van der Waals surface area contributed by atoms with Crippen LogP contribution in [0.1, 0.15) is 16.7 Å². The Morgan fingerprint density at radius 2 is 1.90 bits per heavy atom. The molecule has 0 saturated heterocycles. The molecule has 0 radical (unpaired) electrons. The van der Waals surface area contributed by atoms with Crippen molar-refractivity contribution in [3.8, 4) is 11.3 Å². The SMILES string of the molecule is O=c1cc(-c2cccc(C(F)(F)F)c2)[nH]c2c(NC(O)c3ccns3)cccc12. The van der Waals surface area contributed by atoms with Crippen LogP contribution >= 0.6 is 11.5 Å². The highest BCUT2D eigenvalue weighted by Gasteiger charge is 2.30. The van der Waals surface area contributed by atoms with Gasteiger partial charge in [0.25, 0.3) is 0 Å². The summed E-state index contributed by atoms with van der Waals surface area (Å²) in [4.78, 5) is 16.2. The first-order valence-corrected chi connectivity index (χ1v) is 9.29. The molecule has 1 atom stereocenters. The summed E-state index contributed by atoms with van der Waals surface area (Å²) >= 11 is 1.12. The monoisotopic (exact) mass is 417 g/mol. The standard InChI is InChI=1S/C20H14F3N3O2S/c21-20(22,23)12-4-1-3-11(9-12)15-10-16(27)13-5-2-6-14(18(13)25-15)26-19(28)17-7-8-24-29-17/h1-10,19,26,28H,(H,25,27). The molecule has 9 heteroatoms. The molecule has 2 aromatic heterocycles. The number of para-hydroxylation sites is 1. The Morgan fingerprint density at radius 3 is 2.62 bits per heavy atom. The molecule has 29 heavy (non-hydrogen) atoms. The number of H-pyrrole nitrogens is 1. The number of fused-ring (bicyclic) bond motifs is 1. The smallest absolute Gasteiger partial charge is 0.369 e. The van der Waals surface area contributed by atoms with Crippen LogP contribution in [0.5, 0.6) is 0 Å². The maximum absolute atomic E-state index is 13.0. The van der Waals surface area contributed by atoms with Gasteiger partial charge in [0.1, 0.15) is 0 Å². The van der Waals surface area contributed by atoms with Crippen molar-refractivity contribution in [3.63, 3.8) is 0 Å². The summed E-state index contributed by atoms with van der Waals surface area (Å²) in [6.45, 7) is 0. The fraction of sp³-hybridized carbons (Fsp3) is 0.100. The number of halogens is 3. The summed E-state index contributed by atoms with van der Waals surface area (Å²) in [7, 11) is 0. The second-order valence-corrected chi connectivity index (χ2v) is 7.18. The van der Waals surface area contributed by atoms with Crippen molar-refractivity contribution in [1.29, 1.82) is 0 Å². The van der Waals surface area contributed by atoms with Gasteiger partial charge >= 0.3 is 6.18 Å². The molecule has 0 aliphatic rings. The molecule has 0 aliphatic carbocycles. The molecular weight excluding hydrogens is 403 g/mol. The van der Waals surface area contributed by atoms with Crippen LogP contribution in [0.3, 0.4) is 0 Å². The topological polar surface area (TPSA) is 78.0 Å². The summed E-state index contributed by atoms with van der Waals surface area (Å²) in [5.41, 5.74) is 0.155. The van der Waals surface area contributed by atoms with Crippen LogP contribution in [0, 0.1) is 0 Å². The van der Waals surface area contributed by atoms with Gasteiger partial charge in [-0.25, -0.2) is 4.37 Å². The Bertz CT molecular complexity index is 1220. The van der Waals surface area contributed by atoms with Crippen LogP contribution in [-0.4, -0.2) is 14.5 Å². The van der Waals surface area contributed by atoms with Crippen LogP contribution < -0.4 is 10.7 Å². The molecule has 0 saturated carbocycles.